The summed E-state index contributed by atoms with van der Waals surface area (Å²) >= 11 is 0. The minimum atomic E-state index is -3.87. The summed E-state index contributed by atoms with van der Waals surface area (Å²) in [4.78, 5) is 23.1. The number of Topliss-reactive ketones (excluding diaryl/α,β-unsaturated/α-hetero) is 1. The van der Waals surface area contributed by atoms with Crippen LogP contribution in [0.4, 0.5) is 0 Å². The van der Waals surface area contributed by atoms with E-state index in [1.165, 1.54) is 19.1 Å². The first-order chi connectivity index (χ1) is 11.2. The molecule has 0 aliphatic carbocycles. The van der Waals surface area contributed by atoms with Gasteiger partial charge < -0.3 is 10.1 Å². The van der Waals surface area contributed by atoms with Gasteiger partial charge in [-0.2, -0.15) is 9.98 Å². The van der Waals surface area contributed by atoms with Crippen LogP contribution in [0.1, 0.15) is 12.5 Å². The molecule has 0 aliphatic heterocycles. The molecule has 1 atom stereocenters. The Hall–Kier alpha value is -2.57. The van der Waals surface area contributed by atoms with Gasteiger partial charge in [-0.25, -0.2) is 8.42 Å². The third-order valence-corrected chi connectivity index (χ3v) is 4.41. The van der Waals surface area contributed by atoms with Crippen LogP contribution in [0, 0.1) is 29.6 Å². The van der Waals surface area contributed by atoms with Gasteiger partial charge in [0.05, 0.1) is 11.0 Å². The molecule has 1 aromatic carbocycles. The van der Waals surface area contributed by atoms with Crippen molar-refractivity contribution >= 4 is 27.5 Å². The summed E-state index contributed by atoms with van der Waals surface area (Å²) in [6.07, 6.45) is 0. The molecule has 0 amide bonds. The highest BCUT2D eigenvalue weighted by atomic mass is 32.2. The zero-order valence-corrected chi connectivity index (χ0v) is 14.0. The van der Waals surface area contributed by atoms with Crippen LogP contribution in [0.2, 0.25) is 0 Å². The number of nitrogens with one attached hydrogen (secondary N) is 2. The van der Waals surface area contributed by atoms with Gasteiger partial charge in [0.1, 0.15) is 12.5 Å². The summed E-state index contributed by atoms with van der Waals surface area (Å²) in [5.41, 5.74) is 0.735. The van der Waals surface area contributed by atoms with Gasteiger partial charge in [0, 0.05) is 5.71 Å². The normalized spacial score (nSPS) is 12.0. The van der Waals surface area contributed by atoms with Crippen molar-refractivity contribution in [1.82, 2.24) is 4.72 Å². The molecule has 0 unspecified atom stereocenters. The molecule has 1 rings (SSSR count). The molecule has 1 aromatic rings. The highest BCUT2D eigenvalue weighted by Crippen LogP contribution is 2.09. The standard InChI is InChI=1S/C15H17N3O5S/c1-10-3-5-12(6-4-10)24(21,22)18-8-15(20)23-9-14(19)13(7-16)11(2)17/h3-6,13,17-18H,8-9H2,1-2H3/t13-/m1/s1. The fourth-order valence-corrected chi connectivity index (χ4v) is 2.62. The van der Waals surface area contributed by atoms with Crippen LogP contribution in [0.15, 0.2) is 29.2 Å². The quantitative estimate of drug-likeness (QED) is 0.519. The summed E-state index contributed by atoms with van der Waals surface area (Å²) in [5, 5.41) is 16.0. The van der Waals surface area contributed by atoms with Gasteiger partial charge in [-0.15, -0.1) is 0 Å². The van der Waals surface area contributed by atoms with Crippen LogP contribution in [0.25, 0.3) is 0 Å². The van der Waals surface area contributed by atoms with E-state index in [1.807, 2.05) is 6.92 Å². The Balaban J connectivity index is 2.54. The van der Waals surface area contributed by atoms with Crippen molar-refractivity contribution in [2.75, 3.05) is 13.2 Å². The molecule has 0 spiro atoms. The van der Waals surface area contributed by atoms with Gasteiger partial charge in [0.25, 0.3) is 0 Å². The van der Waals surface area contributed by atoms with Crippen LogP contribution in [-0.4, -0.2) is 39.0 Å². The highest BCUT2D eigenvalue weighted by Gasteiger charge is 2.22. The van der Waals surface area contributed by atoms with E-state index in [1.54, 1.807) is 18.2 Å². The number of nitriles is 1. The minimum Gasteiger partial charge on any atom is -0.457 e. The van der Waals surface area contributed by atoms with Gasteiger partial charge in [0.15, 0.2) is 12.4 Å². The van der Waals surface area contributed by atoms with E-state index in [0.717, 1.165) is 5.56 Å². The fraction of sp³-hybridized carbons (Fsp3) is 0.333. The van der Waals surface area contributed by atoms with E-state index in [2.05, 4.69) is 9.46 Å². The molecular formula is C15H17N3O5S. The predicted molar refractivity (Wildman–Crippen MR) is 84.8 cm³/mol. The Morgan fingerprint density at radius 1 is 1.33 bits per heavy atom. The second-order valence-electron chi connectivity index (χ2n) is 5.01. The lowest BCUT2D eigenvalue weighted by Crippen LogP contribution is -2.32. The lowest BCUT2D eigenvalue weighted by molar-refractivity contribution is -0.146. The Labute approximate surface area is 140 Å². The van der Waals surface area contributed by atoms with Gasteiger partial charge in [-0.1, -0.05) is 17.7 Å². The third kappa shape index (κ3) is 5.57. The van der Waals surface area contributed by atoms with Crippen molar-refractivity contribution in [3.63, 3.8) is 0 Å². The molecule has 9 heteroatoms. The van der Waals surface area contributed by atoms with E-state index in [4.69, 9.17) is 10.7 Å². The first-order valence-electron chi connectivity index (χ1n) is 6.86. The number of ketones is 1. The number of esters is 1. The third-order valence-electron chi connectivity index (χ3n) is 3.00. The van der Waals surface area contributed by atoms with E-state index in [9.17, 15) is 18.0 Å². The number of carbonyl (C=O) groups is 2. The topological polar surface area (TPSA) is 137 Å². The van der Waals surface area contributed by atoms with Crippen molar-refractivity contribution in [1.29, 1.82) is 10.7 Å². The summed E-state index contributed by atoms with van der Waals surface area (Å²) in [6.45, 7) is 1.76. The number of rotatable bonds is 8. The molecule has 0 saturated heterocycles. The van der Waals surface area contributed by atoms with Crippen molar-refractivity contribution < 1.29 is 22.7 Å². The predicted octanol–water partition coefficient (Wildman–Crippen LogP) is 0.565. The van der Waals surface area contributed by atoms with Gasteiger partial charge in [0.2, 0.25) is 10.0 Å². The average Bonchev–Trinajstić information content (AvgIpc) is 2.51. The van der Waals surface area contributed by atoms with E-state index in [-0.39, 0.29) is 10.6 Å². The summed E-state index contributed by atoms with van der Waals surface area (Å²) in [7, 11) is -3.87. The summed E-state index contributed by atoms with van der Waals surface area (Å²) < 4.78 is 30.6. The number of hydrogen-bond acceptors (Lipinski definition) is 7. The second-order valence-corrected chi connectivity index (χ2v) is 6.78. The van der Waals surface area contributed by atoms with Gasteiger partial charge >= 0.3 is 5.97 Å². The lowest BCUT2D eigenvalue weighted by atomic mass is 10.0. The number of benzene rings is 1. The molecule has 128 valence electrons. The zero-order chi connectivity index (χ0) is 18.3. The van der Waals surface area contributed by atoms with Crippen molar-refractivity contribution in [3.8, 4) is 6.07 Å². The van der Waals surface area contributed by atoms with Crippen molar-refractivity contribution in [3.05, 3.63) is 29.8 Å². The summed E-state index contributed by atoms with van der Waals surface area (Å²) in [5.74, 6) is -2.97. The van der Waals surface area contributed by atoms with Crippen LogP contribution in [-0.2, 0) is 24.3 Å². The number of sulfonamides is 1. The smallest absolute Gasteiger partial charge is 0.321 e. The number of nitrogens with zero attached hydrogens (tertiary/aromatic N) is 1. The molecule has 0 radical (unpaired) electrons. The number of ether oxygens (including phenoxy) is 1. The van der Waals surface area contributed by atoms with Crippen LogP contribution < -0.4 is 4.72 Å². The molecule has 0 aliphatic rings. The maximum Gasteiger partial charge on any atom is 0.321 e. The van der Waals surface area contributed by atoms with Crippen LogP contribution in [0.3, 0.4) is 0 Å². The number of hydrogen-bond donors (Lipinski definition) is 2. The molecule has 0 heterocycles. The SMILES string of the molecule is CC(=N)[C@@H](C#N)C(=O)COC(=O)CNS(=O)(=O)c1ccc(C)cc1. The average molecular weight is 351 g/mol. The molecule has 24 heavy (non-hydrogen) atoms. The van der Waals surface area contributed by atoms with E-state index >= 15 is 0 Å². The maximum atomic E-state index is 12.0. The number of carbonyl (C=O) groups excluding carboxylic acids is 2. The largest absolute Gasteiger partial charge is 0.457 e. The summed E-state index contributed by atoms with van der Waals surface area (Å²) in [6, 6.07) is 7.67. The monoisotopic (exact) mass is 351 g/mol. The maximum absolute atomic E-state index is 12.0. The number of aryl methyl sites for hydroxylation is 1. The molecule has 0 saturated carbocycles. The van der Waals surface area contributed by atoms with E-state index in [0.29, 0.717) is 0 Å². The minimum absolute atomic E-state index is 0.000881. The Morgan fingerprint density at radius 3 is 2.42 bits per heavy atom. The molecule has 0 fully saturated rings. The van der Waals surface area contributed by atoms with Crippen molar-refractivity contribution in [2.24, 2.45) is 5.92 Å². The Morgan fingerprint density at radius 2 is 1.92 bits per heavy atom. The molecule has 8 nitrogen and oxygen atoms in total. The Kier molecular flexibility index (Phi) is 6.76. The Bertz CT molecular complexity index is 778. The van der Waals surface area contributed by atoms with Crippen molar-refractivity contribution in [2.45, 2.75) is 18.7 Å². The fourth-order valence-electron chi connectivity index (χ4n) is 1.65. The van der Waals surface area contributed by atoms with Gasteiger partial charge in [-0.05, 0) is 26.0 Å². The molecule has 0 bridgehead atoms. The molecule has 2 N–H and O–H groups in total. The highest BCUT2D eigenvalue weighted by molar-refractivity contribution is 7.89. The van der Waals surface area contributed by atoms with E-state index < -0.39 is 40.8 Å². The molecule has 0 aromatic heterocycles. The van der Waals surface area contributed by atoms with Gasteiger partial charge in [-0.3, -0.25) is 9.59 Å². The first kappa shape index (κ1) is 19.5. The second kappa shape index (κ2) is 8.33. The molecular weight excluding hydrogens is 334 g/mol. The van der Waals surface area contributed by atoms with Crippen LogP contribution >= 0.6 is 0 Å². The lowest BCUT2D eigenvalue weighted by Gasteiger charge is -2.09. The van der Waals surface area contributed by atoms with Crippen LogP contribution in [0.5, 0.6) is 0 Å². The first-order valence-corrected chi connectivity index (χ1v) is 8.35. The zero-order valence-electron chi connectivity index (χ0n) is 13.2.